The summed E-state index contributed by atoms with van der Waals surface area (Å²) in [6, 6.07) is 5.94. The van der Waals surface area contributed by atoms with Crippen molar-refractivity contribution in [1.82, 2.24) is 9.97 Å². The van der Waals surface area contributed by atoms with E-state index in [-0.39, 0.29) is 0 Å². The molecule has 0 amide bonds. The molecule has 0 saturated heterocycles. The predicted octanol–water partition coefficient (Wildman–Crippen LogP) is 3.12. The van der Waals surface area contributed by atoms with Crippen LogP contribution in [-0.2, 0) is 0 Å². The van der Waals surface area contributed by atoms with E-state index in [4.69, 9.17) is 17.0 Å². The van der Waals surface area contributed by atoms with Gasteiger partial charge in [-0.3, -0.25) is 4.98 Å². The molecule has 0 fully saturated rings. The summed E-state index contributed by atoms with van der Waals surface area (Å²) in [4.78, 5) is 7.25. The lowest BCUT2D eigenvalue weighted by atomic mass is 10.1. The Balaban J connectivity index is 2.68. The van der Waals surface area contributed by atoms with E-state index >= 15 is 0 Å². The third kappa shape index (κ3) is 1.97. The lowest BCUT2D eigenvalue weighted by molar-refractivity contribution is 0.416. The molecule has 4 heteroatoms. The molecule has 82 valence electrons. The maximum Gasteiger partial charge on any atom is 0.130 e. The number of methoxy groups -OCH3 is 1. The van der Waals surface area contributed by atoms with Crippen molar-refractivity contribution in [3.8, 4) is 17.0 Å². The number of ether oxygens (including phenoxy) is 1. The summed E-state index contributed by atoms with van der Waals surface area (Å²) in [5.41, 5.74) is 2.82. The van der Waals surface area contributed by atoms with Crippen LogP contribution in [0.3, 0.4) is 0 Å². The maximum absolute atomic E-state index is 5.31. The first-order valence-corrected chi connectivity index (χ1v) is 5.32. The first-order chi connectivity index (χ1) is 7.72. The Bertz CT molecular complexity index is 563. The number of aromatic amines is 1. The van der Waals surface area contributed by atoms with Crippen LogP contribution in [0, 0.1) is 11.6 Å². The SMILES string of the molecule is COc1ccc(C)cc1-c1ncc[nH]c1=S. The quantitative estimate of drug-likeness (QED) is 0.808. The highest BCUT2D eigenvalue weighted by atomic mass is 32.1. The smallest absolute Gasteiger partial charge is 0.130 e. The molecule has 0 aliphatic carbocycles. The molecular weight excluding hydrogens is 220 g/mol. The number of aromatic nitrogens is 2. The minimum Gasteiger partial charge on any atom is -0.496 e. The van der Waals surface area contributed by atoms with Crippen molar-refractivity contribution in [3.05, 3.63) is 40.8 Å². The molecule has 3 nitrogen and oxygen atoms in total. The van der Waals surface area contributed by atoms with Gasteiger partial charge in [-0.25, -0.2) is 0 Å². The summed E-state index contributed by atoms with van der Waals surface area (Å²) < 4.78 is 5.93. The van der Waals surface area contributed by atoms with E-state index in [0.29, 0.717) is 4.64 Å². The van der Waals surface area contributed by atoms with Crippen LogP contribution in [0.15, 0.2) is 30.6 Å². The van der Waals surface area contributed by atoms with E-state index in [1.165, 1.54) is 0 Å². The Hall–Kier alpha value is -1.68. The molecular formula is C12H12N2OS. The molecule has 0 spiro atoms. The second kappa shape index (κ2) is 4.45. The molecule has 2 rings (SSSR count). The fourth-order valence-electron chi connectivity index (χ4n) is 1.55. The molecule has 0 bridgehead atoms. The maximum atomic E-state index is 5.31. The number of nitrogens with zero attached hydrogens (tertiary/aromatic N) is 1. The summed E-state index contributed by atoms with van der Waals surface area (Å²) in [7, 11) is 1.64. The zero-order valence-corrected chi connectivity index (χ0v) is 9.97. The summed E-state index contributed by atoms with van der Waals surface area (Å²) in [5.74, 6) is 0.781. The van der Waals surface area contributed by atoms with Crippen molar-refractivity contribution in [1.29, 1.82) is 0 Å². The molecule has 1 aromatic heterocycles. The summed E-state index contributed by atoms with van der Waals surface area (Å²) in [6.45, 7) is 2.03. The van der Waals surface area contributed by atoms with Gasteiger partial charge in [-0.2, -0.15) is 0 Å². The number of hydrogen-bond donors (Lipinski definition) is 1. The molecule has 1 heterocycles. The standard InChI is InChI=1S/C12H12N2OS/c1-8-3-4-10(15-2)9(7-8)11-12(16)14-6-5-13-11/h3-7H,1-2H3,(H,14,16). The molecule has 0 aliphatic rings. The number of benzene rings is 1. The van der Waals surface area contributed by atoms with Gasteiger partial charge < -0.3 is 9.72 Å². The van der Waals surface area contributed by atoms with Crippen LogP contribution in [0.5, 0.6) is 5.75 Å². The summed E-state index contributed by atoms with van der Waals surface area (Å²) in [5, 5.41) is 0. The molecule has 1 N–H and O–H groups in total. The Morgan fingerprint density at radius 1 is 1.38 bits per heavy atom. The van der Waals surface area contributed by atoms with Crippen LogP contribution in [0.25, 0.3) is 11.3 Å². The average molecular weight is 232 g/mol. The first-order valence-electron chi connectivity index (χ1n) is 4.91. The van der Waals surface area contributed by atoms with Gasteiger partial charge in [0.15, 0.2) is 0 Å². The Kier molecular flexibility index (Phi) is 3.01. The first kappa shape index (κ1) is 10.8. The highest BCUT2D eigenvalue weighted by Gasteiger charge is 2.08. The molecule has 1 aromatic carbocycles. The van der Waals surface area contributed by atoms with Gasteiger partial charge >= 0.3 is 0 Å². The third-order valence-electron chi connectivity index (χ3n) is 2.32. The molecule has 2 aromatic rings. The van der Waals surface area contributed by atoms with E-state index in [1.54, 1.807) is 19.5 Å². The van der Waals surface area contributed by atoms with Crippen molar-refractivity contribution in [2.75, 3.05) is 7.11 Å². The molecule has 0 atom stereocenters. The predicted molar refractivity (Wildman–Crippen MR) is 66.1 cm³/mol. The van der Waals surface area contributed by atoms with E-state index in [2.05, 4.69) is 9.97 Å². The van der Waals surface area contributed by atoms with Gasteiger partial charge in [-0.15, -0.1) is 0 Å². The second-order valence-electron chi connectivity index (χ2n) is 3.47. The highest BCUT2D eigenvalue weighted by Crippen LogP contribution is 2.29. The monoisotopic (exact) mass is 232 g/mol. The number of rotatable bonds is 2. The van der Waals surface area contributed by atoms with Crippen molar-refractivity contribution >= 4 is 12.2 Å². The van der Waals surface area contributed by atoms with Crippen molar-refractivity contribution < 1.29 is 4.74 Å². The molecule has 0 saturated carbocycles. The van der Waals surface area contributed by atoms with Gasteiger partial charge in [0.2, 0.25) is 0 Å². The van der Waals surface area contributed by atoms with Crippen LogP contribution in [-0.4, -0.2) is 17.1 Å². The average Bonchev–Trinajstić information content (AvgIpc) is 2.29. The molecule has 0 aliphatic heterocycles. The zero-order chi connectivity index (χ0) is 11.5. The zero-order valence-electron chi connectivity index (χ0n) is 9.15. The lowest BCUT2D eigenvalue weighted by Crippen LogP contribution is -1.92. The number of aryl methyl sites for hydroxylation is 1. The Morgan fingerprint density at radius 3 is 2.88 bits per heavy atom. The Labute approximate surface area is 99.1 Å². The molecule has 16 heavy (non-hydrogen) atoms. The molecule has 0 radical (unpaired) electrons. The van der Waals surface area contributed by atoms with Gasteiger partial charge in [0.1, 0.15) is 16.1 Å². The number of hydrogen-bond acceptors (Lipinski definition) is 3. The van der Waals surface area contributed by atoms with Crippen molar-refractivity contribution in [2.45, 2.75) is 6.92 Å². The van der Waals surface area contributed by atoms with Crippen LogP contribution < -0.4 is 4.74 Å². The normalized spacial score (nSPS) is 10.1. The van der Waals surface area contributed by atoms with Crippen LogP contribution in [0.4, 0.5) is 0 Å². The highest BCUT2D eigenvalue weighted by molar-refractivity contribution is 7.71. The Morgan fingerprint density at radius 2 is 2.19 bits per heavy atom. The number of nitrogens with one attached hydrogen (secondary N) is 1. The van der Waals surface area contributed by atoms with E-state index in [1.807, 2.05) is 25.1 Å². The number of H-pyrrole nitrogens is 1. The van der Waals surface area contributed by atoms with E-state index < -0.39 is 0 Å². The van der Waals surface area contributed by atoms with Gasteiger partial charge in [0, 0.05) is 18.0 Å². The van der Waals surface area contributed by atoms with Crippen molar-refractivity contribution in [3.63, 3.8) is 0 Å². The van der Waals surface area contributed by atoms with Crippen molar-refractivity contribution in [2.24, 2.45) is 0 Å². The third-order valence-corrected chi connectivity index (χ3v) is 2.63. The lowest BCUT2D eigenvalue weighted by Gasteiger charge is -2.08. The second-order valence-corrected chi connectivity index (χ2v) is 3.88. The topological polar surface area (TPSA) is 37.9 Å². The summed E-state index contributed by atoms with van der Waals surface area (Å²) >= 11 is 5.21. The minimum atomic E-state index is 0.617. The fraction of sp³-hybridized carbons (Fsp3) is 0.167. The minimum absolute atomic E-state index is 0.617. The van der Waals surface area contributed by atoms with Gasteiger partial charge in [-0.05, 0) is 19.1 Å². The largest absolute Gasteiger partial charge is 0.496 e. The van der Waals surface area contributed by atoms with Crippen LogP contribution in [0.2, 0.25) is 0 Å². The van der Waals surface area contributed by atoms with Gasteiger partial charge in [0.05, 0.1) is 7.11 Å². The van der Waals surface area contributed by atoms with Crippen LogP contribution >= 0.6 is 12.2 Å². The van der Waals surface area contributed by atoms with E-state index in [0.717, 1.165) is 22.6 Å². The molecule has 0 unspecified atom stereocenters. The van der Waals surface area contributed by atoms with Gasteiger partial charge in [-0.1, -0.05) is 23.8 Å². The summed E-state index contributed by atoms with van der Waals surface area (Å²) in [6.07, 6.45) is 3.40. The fourth-order valence-corrected chi connectivity index (χ4v) is 1.78. The van der Waals surface area contributed by atoms with Crippen LogP contribution in [0.1, 0.15) is 5.56 Å². The van der Waals surface area contributed by atoms with E-state index in [9.17, 15) is 0 Å². The van der Waals surface area contributed by atoms with Gasteiger partial charge in [0.25, 0.3) is 0 Å².